The van der Waals surface area contributed by atoms with Gasteiger partial charge in [-0.25, -0.2) is 0 Å². The Kier molecular flexibility index (Phi) is 9.09. The van der Waals surface area contributed by atoms with Gasteiger partial charge in [-0.15, -0.1) is 12.1 Å². The van der Waals surface area contributed by atoms with Crippen molar-refractivity contribution in [3.8, 4) is 11.5 Å². The quantitative estimate of drug-likeness (QED) is 0.478. The molecule has 0 amide bonds. The van der Waals surface area contributed by atoms with Crippen LogP contribution in [0.25, 0.3) is 0 Å². The van der Waals surface area contributed by atoms with Crippen molar-refractivity contribution in [3.63, 3.8) is 0 Å². The van der Waals surface area contributed by atoms with Gasteiger partial charge in [0.05, 0.1) is 6.10 Å². The van der Waals surface area contributed by atoms with E-state index in [1.165, 1.54) is 5.57 Å². The largest absolute Gasteiger partial charge is 0.565 e. The van der Waals surface area contributed by atoms with Gasteiger partial charge in [0.2, 0.25) is 0 Å². The Balaban J connectivity index is 0.00000180. The van der Waals surface area contributed by atoms with Crippen LogP contribution in [-0.2, 0) is 0 Å². The van der Waals surface area contributed by atoms with Gasteiger partial charge in [-0.05, 0) is 46.0 Å². The average Bonchev–Trinajstić information content (AvgIpc) is 2.28. The molecule has 1 unspecified atom stereocenters. The van der Waals surface area contributed by atoms with Crippen LogP contribution in [0, 0.1) is 47.4 Å². The monoisotopic (exact) mass is 397 g/mol. The molecule has 4 heteroatoms. The third-order valence-corrected chi connectivity index (χ3v) is 3.32. The van der Waals surface area contributed by atoms with Gasteiger partial charge in [-0.1, -0.05) is 17.2 Å². The summed E-state index contributed by atoms with van der Waals surface area (Å²) in [7, 11) is 0. The van der Waals surface area contributed by atoms with Crippen molar-refractivity contribution in [1.29, 1.82) is 0 Å². The maximum absolute atomic E-state index is 10.1. The van der Waals surface area contributed by atoms with Crippen molar-refractivity contribution in [2.24, 2.45) is 0 Å². The molecule has 1 aromatic carbocycles. The average molecular weight is 397 g/mol. The van der Waals surface area contributed by atoms with E-state index >= 15 is 0 Å². The third kappa shape index (κ3) is 5.07. The molecule has 0 saturated heterocycles. The fraction of sp³-hybridized carbons (Fsp3) is 0.500. The summed E-state index contributed by atoms with van der Waals surface area (Å²) >= 11 is 0. The first kappa shape index (κ1) is 20.0. The zero-order chi connectivity index (χ0) is 13.1. The second-order valence-electron chi connectivity index (χ2n) is 5.31. The first-order chi connectivity index (χ1) is 8.58. The summed E-state index contributed by atoms with van der Waals surface area (Å²) in [6.45, 7) is 6.15. The number of rotatable bonds is 3. The van der Waals surface area contributed by atoms with Crippen LogP contribution in [0.15, 0.2) is 23.8 Å². The van der Waals surface area contributed by atoms with Crippen molar-refractivity contribution in [1.82, 2.24) is 0 Å². The van der Waals surface area contributed by atoms with Gasteiger partial charge in [-0.3, -0.25) is 0 Å². The molecule has 0 fully saturated rings. The molecule has 0 aliphatic heterocycles. The van der Waals surface area contributed by atoms with Gasteiger partial charge >= 0.3 is 0 Å². The molecule has 20 heavy (non-hydrogen) atoms. The number of hydrogen-bond donors (Lipinski definition) is 1. The summed E-state index contributed by atoms with van der Waals surface area (Å²) in [5, 5.41) is 10.1. The number of hydrogen-bond acceptors (Lipinski definition) is 2. The standard InChI is InChI=1S/C16H21O2.B.Pr/c1-11(2)18-15-9-5-8-14(17)16(15)13-7-4-6-12(3)10-13;;/h6,8-9,11,13,17H,4,7,10H2,1-3H3;;/q-1;;. The van der Waals surface area contributed by atoms with Crippen LogP contribution in [0.1, 0.15) is 51.5 Å². The molecule has 1 N–H and O–H groups in total. The van der Waals surface area contributed by atoms with Gasteiger partial charge < -0.3 is 9.84 Å². The van der Waals surface area contributed by atoms with Crippen LogP contribution in [0.2, 0.25) is 0 Å². The van der Waals surface area contributed by atoms with E-state index in [-0.39, 0.29) is 55.8 Å². The zero-order valence-corrected chi connectivity index (χ0v) is 16.2. The predicted molar refractivity (Wildman–Crippen MR) is 78.8 cm³/mol. The third-order valence-electron chi connectivity index (χ3n) is 3.32. The normalized spacial score (nSPS) is 17.8. The smallest absolute Gasteiger partial charge is 0.0767 e. The Morgan fingerprint density at radius 2 is 2.05 bits per heavy atom. The van der Waals surface area contributed by atoms with Crippen LogP contribution in [-0.4, -0.2) is 19.6 Å². The molecule has 1 aliphatic carbocycles. The number of benzene rings is 1. The Labute approximate surface area is 157 Å². The van der Waals surface area contributed by atoms with E-state index in [4.69, 9.17) is 4.74 Å². The Morgan fingerprint density at radius 1 is 1.35 bits per heavy atom. The van der Waals surface area contributed by atoms with Crippen LogP contribution < -0.4 is 4.74 Å². The van der Waals surface area contributed by atoms with Crippen molar-refractivity contribution >= 4 is 8.41 Å². The molecule has 0 spiro atoms. The molecule has 4 radical (unpaired) electrons. The van der Waals surface area contributed by atoms with Crippen molar-refractivity contribution in [2.45, 2.75) is 52.1 Å². The van der Waals surface area contributed by atoms with E-state index in [0.717, 1.165) is 30.6 Å². The molecule has 0 bridgehead atoms. The number of aromatic hydroxyl groups is 1. The van der Waals surface area contributed by atoms with Crippen LogP contribution in [0.5, 0.6) is 11.5 Å². The van der Waals surface area contributed by atoms with E-state index < -0.39 is 0 Å². The van der Waals surface area contributed by atoms with Crippen molar-refractivity contribution in [3.05, 3.63) is 35.4 Å². The fourth-order valence-electron chi connectivity index (χ4n) is 2.59. The summed E-state index contributed by atoms with van der Waals surface area (Å²) in [5.41, 5.74) is 2.35. The van der Waals surface area contributed by atoms with Gasteiger partial charge in [0, 0.05) is 61.2 Å². The second kappa shape index (κ2) is 9.10. The van der Waals surface area contributed by atoms with E-state index in [2.05, 4.69) is 19.1 Å². The Hall–Kier alpha value is -0.0114. The van der Waals surface area contributed by atoms with Crippen LogP contribution in [0.3, 0.4) is 0 Å². The molecule has 1 aromatic rings. The Morgan fingerprint density at radius 3 is 2.65 bits per heavy atom. The minimum absolute atomic E-state index is 0. The minimum atomic E-state index is 0. The Bertz CT molecular complexity index is 458. The maximum Gasteiger partial charge on any atom is 0.0767 e. The number of allylic oxidation sites excluding steroid dienone is 2. The molecular weight excluding hydrogens is 376 g/mol. The number of ether oxygens (including phenoxy) is 1. The SMILES string of the molecule is CC1=CCCC(c2c(O)c[c-]cc2OC(C)C)C1.[B].[Pr]. The van der Waals surface area contributed by atoms with E-state index in [1.807, 2.05) is 19.9 Å². The summed E-state index contributed by atoms with van der Waals surface area (Å²) < 4.78 is 5.80. The van der Waals surface area contributed by atoms with Crippen molar-refractivity contribution in [2.75, 3.05) is 0 Å². The first-order valence-electron chi connectivity index (χ1n) is 6.63. The number of phenols is 1. The predicted octanol–water partition coefficient (Wildman–Crippen LogP) is 3.81. The second-order valence-corrected chi connectivity index (χ2v) is 5.31. The molecule has 2 nitrogen and oxygen atoms in total. The molecular formula is C16H21BO2Pr-. The van der Waals surface area contributed by atoms with Crippen molar-refractivity contribution < 1.29 is 51.1 Å². The van der Waals surface area contributed by atoms with Gasteiger partial charge in [-0.2, -0.15) is 6.07 Å². The van der Waals surface area contributed by atoms with E-state index in [0.29, 0.717) is 11.7 Å². The summed E-state index contributed by atoms with van der Waals surface area (Å²) in [6.07, 6.45) is 5.55. The summed E-state index contributed by atoms with van der Waals surface area (Å²) in [6, 6.07) is 6.41. The zero-order valence-electron chi connectivity index (χ0n) is 12.5. The minimum Gasteiger partial charge on any atom is -0.565 e. The van der Waals surface area contributed by atoms with E-state index in [9.17, 15) is 5.11 Å². The first-order valence-corrected chi connectivity index (χ1v) is 6.63. The molecule has 1 aliphatic rings. The topological polar surface area (TPSA) is 29.5 Å². The fourth-order valence-corrected chi connectivity index (χ4v) is 2.59. The molecule has 104 valence electrons. The molecule has 0 heterocycles. The summed E-state index contributed by atoms with van der Waals surface area (Å²) in [5.74, 6) is 1.45. The van der Waals surface area contributed by atoms with Gasteiger partial charge in [0.25, 0.3) is 0 Å². The van der Waals surface area contributed by atoms with Gasteiger partial charge in [0.1, 0.15) is 0 Å². The van der Waals surface area contributed by atoms with E-state index in [1.54, 1.807) is 6.07 Å². The summed E-state index contributed by atoms with van der Waals surface area (Å²) in [4.78, 5) is 0. The number of phenolic OH excluding ortho intramolecular Hbond substituents is 1. The molecule has 2 rings (SSSR count). The van der Waals surface area contributed by atoms with Crippen LogP contribution in [0.4, 0.5) is 0 Å². The van der Waals surface area contributed by atoms with Gasteiger partial charge in [0.15, 0.2) is 0 Å². The molecule has 0 saturated carbocycles. The maximum atomic E-state index is 10.1. The molecule has 1 atom stereocenters. The molecule has 0 aromatic heterocycles. The van der Waals surface area contributed by atoms with Crippen LogP contribution >= 0.6 is 0 Å².